The summed E-state index contributed by atoms with van der Waals surface area (Å²) in [6, 6.07) is 5.96. The molecule has 0 radical (unpaired) electrons. The summed E-state index contributed by atoms with van der Waals surface area (Å²) in [6.45, 7) is 2.28. The van der Waals surface area contributed by atoms with Crippen molar-refractivity contribution in [2.45, 2.75) is 32.2 Å². The van der Waals surface area contributed by atoms with Gasteiger partial charge in [-0.25, -0.2) is 4.79 Å². The minimum atomic E-state index is -0.906. The van der Waals surface area contributed by atoms with Crippen molar-refractivity contribution in [1.29, 1.82) is 0 Å². The lowest BCUT2D eigenvalue weighted by molar-refractivity contribution is 0.0681. The van der Waals surface area contributed by atoms with Gasteiger partial charge < -0.3 is 10.4 Å². The first-order valence-corrected chi connectivity index (χ1v) is 9.60. The van der Waals surface area contributed by atoms with E-state index >= 15 is 0 Å². The van der Waals surface area contributed by atoms with E-state index in [1.54, 1.807) is 23.3 Å². The second-order valence-electron chi connectivity index (χ2n) is 6.95. The Morgan fingerprint density at radius 1 is 1.11 bits per heavy atom. The molecule has 0 aliphatic heterocycles. The molecule has 4 rings (SSSR count). The quantitative estimate of drug-likeness (QED) is 0.586. The van der Waals surface area contributed by atoms with Crippen LogP contribution in [-0.4, -0.2) is 43.9 Å². The zero-order chi connectivity index (χ0) is 19.3. The van der Waals surface area contributed by atoms with Crippen LogP contribution in [0.2, 0.25) is 0 Å². The van der Waals surface area contributed by atoms with Crippen molar-refractivity contribution in [3.8, 4) is 11.3 Å². The highest BCUT2D eigenvalue weighted by atomic mass is 16.4. The summed E-state index contributed by atoms with van der Waals surface area (Å²) < 4.78 is 1.66. The lowest BCUT2D eigenvalue weighted by Gasteiger charge is -2.14. The summed E-state index contributed by atoms with van der Waals surface area (Å²) >= 11 is 0. The number of fused-ring (bicyclic) bond motifs is 3. The molecule has 0 unspecified atom stereocenters. The number of nitrogens with zero attached hydrogens (tertiary/aromatic N) is 4. The molecule has 0 bridgehead atoms. The van der Waals surface area contributed by atoms with Gasteiger partial charge in [-0.05, 0) is 68.1 Å². The van der Waals surface area contributed by atoms with Crippen LogP contribution in [0.15, 0.2) is 43.0 Å². The van der Waals surface area contributed by atoms with Gasteiger partial charge >= 0.3 is 5.97 Å². The number of rotatable bonds is 8. The smallest absolute Gasteiger partial charge is 0.354 e. The van der Waals surface area contributed by atoms with Crippen molar-refractivity contribution in [2.24, 2.45) is 0 Å². The van der Waals surface area contributed by atoms with Gasteiger partial charge in [0.05, 0.1) is 5.69 Å². The fraction of sp³-hybridized carbons (Fsp3) is 0.333. The van der Waals surface area contributed by atoms with E-state index in [2.05, 4.69) is 20.4 Å². The van der Waals surface area contributed by atoms with Gasteiger partial charge in [-0.15, -0.1) is 0 Å². The van der Waals surface area contributed by atoms with Crippen LogP contribution < -0.4 is 5.32 Å². The molecule has 0 aromatic carbocycles. The Morgan fingerprint density at radius 3 is 2.75 bits per heavy atom. The first-order valence-electron chi connectivity index (χ1n) is 9.60. The molecule has 3 aromatic heterocycles. The van der Waals surface area contributed by atoms with Crippen LogP contribution in [0.5, 0.6) is 0 Å². The Morgan fingerprint density at radius 2 is 1.93 bits per heavy atom. The third-order valence-corrected chi connectivity index (χ3v) is 5.12. The minimum absolute atomic E-state index is 0.328. The Balaban J connectivity index is 1.39. The number of aromatic carboxylic acids is 1. The van der Waals surface area contributed by atoms with Gasteiger partial charge in [-0.2, -0.15) is 5.10 Å². The van der Waals surface area contributed by atoms with Gasteiger partial charge in [0.1, 0.15) is 5.69 Å². The molecule has 0 saturated carbocycles. The van der Waals surface area contributed by atoms with Crippen LogP contribution >= 0.6 is 0 Å². The maximum atomic E-state index is 11.9. The molecule has 3 aromatic rings. The topological polar surface area (TPSA) is 92.9 Å². The molecule has 144 valence electrons. The number of carboxylic acid groups (broad SMARTS) is 1. The lowest BCUT2D eigenvalue weighted by atomic mass is 9.90. The van der Waals surface area contributed by atoms with E-state index in [1.165, 1.54) is 5.56 Å². The standard InChI is InChI=1S/C21H23N5O2/c27-21(28)20-18-3-2-16-14-24-12-7-17(16)19(18)25-26(20)13-1-8-22-9-4-15-5-10-23-11-6-15/h5-7,10-12,14,22H,1-4,8-9,13H2,(H,27,28). The molecule has 7 nitrogen and oxygen atoms in total. The monoisotopic (exact) mass is 377 g/mol. The highest BCUT2D eigenvalue weighted by molar-refractivity contribution is 5.90. The Hall–Kier alpha value is -3.06. The minimum Gasteiger partial charge on any atom is -0.477 e. The van der Waals surface area contributed by atoms with Crippen molar-refractivity contribution in [2.75, 3.05) is 13.1 Å². The molecule has 3 heterocycles. The summed E-state index contributed by atoms with van der Waals surface area (Å²) in [6.07, 6.45) is 10.5. The van der Waals surface area contributed by atoms with Crippen LogP contribution in [0, 0.1) is 0 Å². The van der Waals surface area contributed by atoms with Crippen LogP contribution in [0.3, 0.4) is 0 Å². The Kier molecular flexibility index (Phi) is 5.43. The fourth-order valence-corrected chi connectivity index (χ4v) is 3.73. The molecule has 2 N–H and O–H groups in total. The Labute approximate surface area is 163 Å². The SMILES string of the molecule is O=C(O)c1c2c(nn1CCCNCCc1ccncc1)-c1ccncc1CC2. The molecule has 0 amide bonds. The number of aromatic nitrogens is 4. The third kappa shape index (κ3) is 3.80. The molecule has 0 fully saturated rings. The molecule has 1 aliphatic rings. The van der Waals surface area contributed by atoms with Crippen LogP contribution in [0.1, 0.15) is 33.6 Å². The number of hydrogen-bond acceptors (Lipinski definition) is 5. The zero-order valence-electron chi connectivity index (χ0n) is 15.6. The maximum Gasteiger partial charge on any atom is 0.354 e. The van der Waals surface area contributed by atoms with Gasteiger partial charge in [0, 0.05) is 42.5 Å². The van der Waals surface area contributed by atoms with Crippen LogP contribution in [-0.2, 0) is 25.8 Å². The second kappa shape index (κ2) is 8.31. The third-order valence-electron chi connectivity index (χ3n) is 5.12. The van der Waals surface area contributed by atoms with Gasteiger partial charge in [0.15, 0.2) is 0 Å². The highest BCUT2D eigenvalue weighted by Crippen LogP contribution is 2.34. The number of pyridine rings is 2. The molecule has 7 heteroatoms. The maximum absolute atomic E-state index is 11.9. The molecule has 0 atom stereocenters. The first kappa shape index (κ1) is 18.3. The predicted octanol–water partition coefficient (Wildman–Crippen LogP) is 2.36. The summed E-state index contributed by atoms with van der Waals surface area (Å²) in [5, 5.41) is 17.8. The van der Waals surface area contributed by atoms with Gasteiger partial charge in [0.2, 0.25) is 0 Å². The first-order chi connectivity index (χ1) is 13.7. The molecule has 1 aliphatic carbocycles. The summed E-state index contributed by atoms with van der Waals surface area (Å²) in [4.78, 5) is 20.1. The number of carbonyl (C=O) groups is 1. The van der Waals surface area contributed by atoms with E-state index in [9.17, 15) is 9.90 Å². The van der Waals surface area contributed by atoms with Crippen LogP contribution in [0.4, 0.5) is 0 Å². The molecule has 0 spiro atoms. The van der Waals surface area contributed by atoms with Gasteiger partial charge in [-0.3, -0.25) is 14.6 Å². The van der Waals surface area contributed by atoms with Crippen molar-refractivity contribution in [1.82, 2.24) is 25.1 Å². The van der Waals surface area contributed by atoms with E-state index in [1.807, 2.05) is 24.4 Å². The summed E-state index contributed by atoms with van der Waals surface area (Å²) in [5.41, 5.74) is 5.36. The number of carboxylic acids is 1. The normalized spacial score (nSPS) is 12.4. The van der Waals surface area contributed by atoms with E-state index < -0.39 is 5.97 Å². The zero-order valence-corrected chi connectivity index (χ0v) is 15.6. The highest BCUT2D eigenvalue weighted by Gasteiger charge is 2.27. The molecular weight excluding hydrogens is 354 g/mol. The fourth-order valence-electron chi connectivity index (χ4n) is 3.73. The largest absolute Gasteiger partial charge is 0.477 e. The second-order valence-corrected chi connectivity index (χ2v) is 6.95. The van der Waals surface area contributed by atoms with Crippen molar-refractivity contribution >= 4 is 5.97 Å². The van der Waals surface area contributed by atoms with Crippen LogP contribution in [0.25, 0.3) is 11.3 Å². The van der Waals surface area contributed by atoms with Crippen molar-refractivity contribution in [3.63, 3.8) is 0 Å². The number of nitrogens with one attached hydrogen (secondary N) is 1. The van der Waals surface area contributed by atoms with E-state index in [-0.39, 0.29) is 0 Å². The van der Waals surface area contributed by atoms with Crippen molar-refractivity contribution in [3.05, 3.63) is 65.4 Å². The summed E-state index contributed by atoms with van der Waals surface area (Å²) in [7, 11) is 0. The Bertz CT molecular complexity index is 968. The number of aryl methyl sites for hydroxylation is 2. The van der Waals surface area contributed by atoms with E-state index in [0.717, 1.165) is 54.7 Å². The molecular formula is C21H23N5O2. The average Bonchev–Trinajstić information content (AvgIpc) is 3.10. The average molecular weight is 377 g/mol. The van der Waals surface area contributed by atoms with E-state index in [4.69, 9.17) is 0 Å². The van der Waals surface area contributed by atoms with Gasteiger partial charge in [-0.1, -0.05) is 0 Å². The van der Waals surface area contributed by atoms with Crippen molar-refractivity contribution < 1.29 is 9.90 Å². The summed E-state index contributed by atoms with van der Waals surface area (Å²) in [5.74, 6) is -0.906. The predicted molar refractivity (Wildman–Crippen MR) is 105 cm³/mol. The molecule has 28 heavy (non-hydrogen) atoms. The number of hydrogen-bond donors (Lipinski definition) is 2. The van der Waals surface area contributed by atoms with Gasteiger partial charge in [0.25, 0.3) is 0 Å². The molecule has 0 saturated heterocycles. The lowest BCUT2D eigenvalue weighted by Crippen LogP contribution is -2.21. The van der Waals surface area contributed by atoms with E-state index in [0.29, 0.717) is 18.7 Å².